The van der Waals surface area contributed by atoms with E-state index in [1.807, 2.05) is 19.2 Å². The average Bonchev–Trinajstić information content (AvgIpc) is 3.22. The molecule has 1 amide bonds. The predicted octanol–water partition coefficient (Wildman–Crippen LogP) is 3.94. The molecule has 0 unspecified atom stereocenters. The van der Waals surface area contributed by atoms with E-state index in [2.05, 4.69) is 44.3 Å². The fourth-order valence-corrected chi connectivity index (χ4v) is 4.95. The van der Waals surface area contributed by atoms with E-state index in [4.69, 9.17) is 0 Å². The van der Waals surface area contributed by atoms with Crippen LogP contribution in [0.5, 0.6) is 0 Å². The minimum atomic E-state index is 0.322. The number of nitrogens with zero attached hydrogens (tertiary/aromatic N) is 3. The second-order valence-electron chi connectivity index (χ2n) is 8.32. The van der Waals surface area contributed by atoms with Crippen molar-refractivity contribution in [3.05, 3.63) is 42.1 Å². The number of hydrogen-bond acceptors (Lipinski definition) is 3. The summed E-state index contributed by atoms with van der Waals surface area (Å²) >= 11 is 0. The van der Waals surface area contributed by atoms with Crippen molar-refractivity contribution in [1.29, 1.82) is 0 Å². The van der Waals surface area contributed by atoms with Crippen molar-refractivity contribution in [3.63, 3.8) is 0 Å². The Kier molecular flexibility index (Phi) is 6.10. The normalized spacial score (nSPS) is 19.8. The number of amides is 1. The minimum Gasteiger partial charge on any atom is -0.343 e. The number of carbonyl (C=O) groups excluding carboxylic acids is 1. The summed E-state index contributed by atoms with van der Waals surface area (Å²) in [6.45, 7) is 7.20. The van der Waals surface area contributed by atoms with E-state index in [1.54, 1.807) is 0 Å². The molecule has 0 atom stereocenters. The number of nitrogens with one attached hydrogen (secondary N) is 1. The van der Waals surface area contributed by atoms with Crippen LogP contribution in [0.2, 0.25) is 0 Å². The molecule has 2 aliphatic heterocycles. The summed E-state index contributed by atoms with van der Waals surface area (Å²) in [4.78, 5) is 16.5. The Morgan fingerprint density at radius 3 is 2.32 bits per heavy atom. The predicted molar refractivity (Wildman–Crippen MR) is 112 cm³/mol. The molecule has 5 nitrogen and oxygen atoms in total. The largest absolute Gasteiger partial charge is 0.343 e. The van der Waals surface area contributed by atoms with Crippen LogP contribution in [0.3, 0.4) is 0 Å². The van der Waals surface area contributed by atoms with Gasteiger partial charge in [-0.2, -0.15) is 5.10 Å². The maximum Gasteiger partial charge on any atom is 0.222 e. The summed E-state index contributed by atoms with van der Waals surface area (Å²) in [5.41, 5.74) is 3.64. The Morgan fingerprint density at radius 2 is 1.68 bits per heavy atom. The number of benzene rings is 1. The molecule has 2 aliphatic rings. The molecule has 0 spiro atoms. The Morgan fingerprint density at radius 1 is 1.04 bits per heavy atom. The Labute approximate surface area is 168 Å². The lowest BCUT2D eigenvalue weighted by Crippen LogP contribution is -2.42. The molecule has 4 rings (SSSR count). The van der Waals surface area contributed by atoms with E-state index in [9.17, 15) is 4.79 Å². The molecule has 28 heavy (non-hydrogen) atoms. The second-order valence-corrected chi connectivity index (χ2v) is 8.32. The topological polar surface area (TPSA) is 52.2 Å². The molecule has 2 aromatic rings. The van der Waals surface area contributed by atoms with Crippen LogP contribution in [-0.2, 0) is 11.3 Å². The number of aromatic amines is 1. The lowest BCUT2D eigenvalue weighted by molar-refractivity contribution is -0.132. The fourth-order valence-electron chi connectivity index (χ4n) is 4.95. The first-order valence-electron chi connectivity index (χ1n) is 10.8. The van der Waals surface area contributed by atoms with Gasteiger partial charge in [-0.25, -0.2) is 0 Å². The van der Waals surface area contributed by atoms with Crippen molar-refractivity contribution >= 4 is 5.91 Å². The number of hydrogen-bond donors (Lipinski definition) is 1. The molecule has 150 valence electrons. The van der Waals surface area contributed by atoms with Gasteiger partial charge in [0.05, 0.1) is 11.9 Å². The van der Waals surface area contributed by atoms with Crippen LogP contribution >= 0.6 is 0 Å². The van der Waals surface area contributed by atoms with Crippen LogP contribution in [0.1, 0.15) is 44.6 Å². The van der Waals surface area contributed by atoms with E-state index >= 15 is 0 Å². The monoisotopic (exact) mass is 380 g/mol. The van der Waals surface area contributed by atoms with Gasteiger partial charge >= 0.3 is 0 Å². The molecular weight excluding hydrogens is 348 g/mol. The van der Waals surface area contributed by atoms with Crippen LogP contribution in [0, 0.1) is 11.8 Å². The van der Waals surface area contributed by atoms with Crippen LogP contribution in [0.15, 0.2) is 36.5 Å². The van der Waals surface area contributed by atoms with Crippen molar-refractivity contribution in [2.45, 2.75) is 45.6 Å². The highest BCUT2D eigenvalue weighted by molar-refractivity contribution is 5.75. The van der Waals surface area contributed by atoms with Crippen LogP contribution in [0.25, 0.3) is 11.3 Å². The summed E-state index contributed by atoms with van der Waals surface area (Å²) in [5, 5.41) is 7.48. The maximum atomic E-state index is 11.9. The maximum absolute atomic E-state index is 11.9. The minimum absolute atomic E-state index is 0.322. The Balaban J connectivity index is 1.28. The van der Waals surface area contributed by atoms with Crippen LogP contribution in [-0.4, -0.2) is 52.1 Å². The highest BCUT2D eigenvalue weighted by atomic mass is 16.2. The van der Waals surface area contributed by atoms with Crippen molar-refractivity contribution in [3.8, 4) is 11.3 Å². The molecule has 0 aliphatic carbocycles. The number of rotatable bonds is 5. The van der Waals surface area contributed by atoms with Crippen molar-refractivity contribution in [2.75, 3.05) is 26.2 Å². The fraction of sp³-hybridized carbons (Fsp3) is 0.565. The zero-order valence-corrected chi connectivity index (χ0v) is 16.9. The summed E-state index contributed by atoms with van der Waals surface area (Å²) < 4.78 is 0. The highest BCUT2D eigenvalue weighted by Crippen LogP contribution is 2.33. The molecule has 0 bridgehead atoms. The van der Waals surface area contributed by atoms with Crippen molar-refractivity contribution in [2.24, 2.45) is 11.8 Å². The zero-order valence-electron chi connectivity index (χ0n) is 16.9. The van der Waals surface area contributed by atoms with Gasteiger partial charge in [0.15, 0.2) is 0 Å². The molecule has 5 heteroatoms. The molecular formula is C23H32N4O. The van der Waals surface area contributed by atoms with E-state index in [0.29, 0.717) is 12.3 Å². The first kappa shape index (κ1) is 19.2. The van der Waals surface area contributed by atoms with Gasteiger partial charge in [0, 0.05) is 31.6 Å². The van der Waals surface area contributed by atoms with Crippen molar-refractivity contribution in [1.82, 2.24) is 20.0 Å². The summed E-state index contributed by atoms with van der Waals surface area (Å²) in [5.74, 6) is 1.95. The van der Waals surface area contributed by atoms with Gasteiger partial charge in [-0.15, -0.1) is 0 Å². The number of H-pyrrole nitrogens is 1. The molecule has 2 saturated heterocycles. The standard InChI is InChI=1S/C23H32N4O/c1-2-22(28)27-14-10-19(11-15-27)18-8-12-26(13-9-18)17-21-16-24-25-23(21)20-6-4-3-5-7-20/h3-7,16,18-19H,2,8-15,17H2,1H3,(H,24,25). The number of piperidine rings is 2. The Hall–Kier alpha value is -2.14. The van der Waals surface area contributed by atoms with Gasteiger partial charge < -0.3 is 4.90 Å². The van der Waals surface area contributed by atoms with E-state index in [0.717, 1.165) is 50.3 Å². The number of likely N-dealkylation sites (tertiary alicyclic amines) is 2. The van der Waals surface area contributed by atoms with Gasteiger partial charge in [0.25, 0.3) is 0 Å². The average molecular weight is 381 g/mol. The quantitative estimate of drug-likeness (QED) is 0.855. The highest BCUT2D eigenvalue weighted by Gasteiger charge is 2.30. The summed E-state index contributed by atoms with van der Waals surface area (Å²) in [6.07, 6.45) is 7.57. The Bertz CT molecular complexity index is 756. The first-order valence-corrected chi connectivity index (χ1v) is 10.8. The number of carbonyl (C=O) groups is 1. The molecule has 2 fully saturated rings. The van der Waals surface area contributed by atoms with Gasteiger partial charge in [-0.1, -0.05) is 37.3 Å². The molecule has 0 saturated carbocycles. The van der Waals surface area contributed by atoms with Crippen LogP contribution < -0.4 is 0 Å². The van der Waals surface area contributed by atoms with Crippen LogP contribution in [0.4, 0.5) is 0 Å². The van der Waals surface area contributed by atoms with Gasteiger partial charge in [0.1, 0.15) is 0 Å². The third-order valence-corrected chi connectivity index (χ3v) is 6.67. The lowest BCUT2D eigenvalue weighted by Gasteiger charge is -2.40. The zero-order chi connectivity index (χ0) is 19.3. The molecule has 1 aromatic heterocycles. The van der Waals surface area contributed by atoms with E-state index in [-0.39, 0.29) is 0 Å². The molecule has 3 heterocycles. The van der Waals surface area contributed by atoms with E-state index in [1.165, 1.54) is 36.8 Å². The molecule has 0 radical (unpaired) electrons. The first-order chi connectivity index (χ1) is 13.7. The third kappa shape index (κ3) is 4.30. The summed E-state index contributed by atoms with van der Waals surface area (Å²) in [7, 11) is 0. The van der Waals surface area contributed by atoms with Crippen molar-refractivity contribution < 1.29 is 4.79 Å². The third-order valence-electron chi connectivity index (χ3n) is 6.67. The number of aromatic nitrogens is 2. The smallest absolute Gasteiger partial charge is 0.222 e. The van der Waals surface area contributed by atoms with Gasteiger partial charge in [-0.05, 0) is 56.2 Å². The molecule has 1 N–H and O–H groups in total. The SMILES string of the molecule is CCC(=O)N1CCC(C2CCN(Cc3cn[nH]c3-c3ccccc3)CC2)CC1. The lowest BCUT2D eigenvalue weighted by atomic mass is 9.78. The van der Waals surface area contributed by atoms with Gasteiger partial charge in [-0.3, -0.25) is 14.8 Å². The van der Waals surface area contributed by atoms with E-state index < -0.39 is 0 Å². The molecule has 1 aromatic carbocycles. The second kappa shape index (κ2) is 8.91. The van der Waals surface area contributed by atoms with Gasteiger partial charge in [0.2, 0.25) is 5.91 Å². The summed E-state index contributed by atoms with van der Waals surface area (Å²) in [6, 6.07) is 10.5.